The second kappa shape index (κ2) is 7.27. The zero-order chi connectivity index (χ0) is 19.8. The third-order valence-corrected chi connectivity index (χ3v) is 6.35. The molecule has 1 saturated carbocycles. The van der Waals surface area contributed by atoms with Gasteiger partial charge in [-0.05, 0) is 48.6 Å². The van der Waals surface area contributed by atoms with Gasteiger partial charge in [0.15, 0.2) is 0 Å². The molecule has 1 aromatic carbocycles. The molecule has 5 heteroatoms. The highest BCUT2D eigenvalue weighted by molar-refractivity contribution is 6.02. The van der Waals surface area contributed by atoms with Crippen molar-refractivity contribution in [1.82, 2.24) is 5.32 Å². The minimum absolute atomic E-state index is 0.135. The maximum absolute atomic E-state index is 12.8. The van der Waals surface area contributed by atoms with E-state index in [1.165, 1.54) is 6.92 Å². The maximum Gasteiger partial charge on any atom is 0.243 e. The highest BCUT2D eigenvalue weighted by atomic mass is 16.3. The van der Waals surface area contributed by atoms with E-state index in [1.54, 1.807) is 4.90 Å². The number of hydrogen-bond acceptors (Lipinski definition) is 3. The molecule has 2 amide bonds. The van der Waals surface area contributed by atoms with Crippen molar-refractivity contribution in [1.29, 1.82) is 0 Å². The normalized spacial score (nSPS) is 28.0. The van der Waals surface area contributed by atoms with Crippen molar-refractivity contribution in [3.05, 3.63) is 29.8 Å². The molecule has 1 aliphatic carbocycles. The van der Waals surface area contributed by atoms with E-state index in [9.17, 15) is 14.7 Å². The summed E-state index contributed by atoms with van der Waals surface area (Å²) in [6.45, 7) is 8.48. The molecule has 0 aromatic heterocycles. The van der Waals surface area contributed by atoms with Gasteiger partial charge in [-0.2, -0.15) is 0 Å². The lowest BCUT2D eigenvalue weighted by Crippen LogP contribution is -2.52. The van der Waals surface area contributed by atoms with Crippen LogP contribution in [0.4, 0.5) is 5.69 Å². The zero-order valence-corrected chi connectivity index (χ0v) is 16.9. The molecule has 0 saturated heterocycles. The van der Waals surface area contributed by atoms with Gasteiger partial charge in [-0.25, -0.2) is 0 Å². The zero-order valence-electron chi connectivity index (χ0n) is 16.9. The Labute approximate surface area is 162 Å². The average Bonchev–Trinajstić information content (AvgIpc) is 2.99. The first-order valence-electron chi connectivity index (χ1n) is 9.98. The molecule has 0 unspecified atom stereocenters. The number of fused-ring (bicyclic) bond motifs is 1. The molecule has 1 fully saturated rings. The summed E-state index contributed by atoms with van der Waals surface area (Å²) in [5.74, 6) is 0.281. The van der Waals surface area contributed by atoms with Gasteiger partial charge in [0.05, 0.1) is 5.60 Å². The number of aliphatic hydroxyl groups is 1. The Bertz CT molecular complexity index is 715. The lowest BCUT2D eigenvalue weighted by atomic mass is 9.68. The minimum Gasteiger partial charge on any atom is -0.388 e. The van der Waals surface area contributed by atoms with Crippen molar-refractivity contribution in [3.63, 3.8) is 0 Å². The molecule has 1 atom stereocenters. The Balaban J connectivity index is 1.61. The van der Waals surface area contributed by atoms with E-state index in [-0.39, 0.29) is 23.8 Å². The standard InChI is InChI=1S/C22H32N2O3/c1-15(25)24-18-8-6-5-7-16(18)13-19(24)20(26)23-14-22(27)11-9-17(10-12-22)21(2,3)4/h5-8,17,19,27H,9-14H2,1-4H3,(H,23,26)/t17?,19-,22?/m0/s1. The molecule has 148 valence electrons. The molecule has 1 aliphatic heterocycles. The molecule has 3 rings (SSSR count). The first-order valence-corrected chi connectivity index (χ1v) is 9.98. The number of hydrogen-bond donors (Lipinski definition) is 2. The van der Waals surface area contributed by atoms with Crippen molar-refractivity contribution >= 4 is 17.5 Å². The summed E-state index contributed by atoms with van der Waals surface area (Å²) in [4.78, 5) is 26.5. The quantitative estimate of drug-likeness (QED) is 0.857. The largest absolute Gasteiger partial charge is 0.388 e. The number of carbonyl (C=O) groups excluding carboxylic acids is 2. The fraction of sp³-hybridized carbons (Fsp3) is 0.636. The number of anilines is 1. The second-order valence-electron chi connectivity index (χ2n) is 9.32. The molecule has 0 bridgehead atoms. The number of benzene rings is 1. The number of rotatable bonds is 3. The molecule has 27 heavy (non-hydrogen) atoms. The first kappa shape index (κ1) is 19.9. The van der Waals surface area contributed by atoms with Crippen LogP contribution in [0.3, 0.4) is 0 Å². The molecule has 0 spiro atoms. The summed E-state index contributed by atoms with van der Waals surface area (Å²) in [5, 5.41) is 13.8. The maximum atomic E-state index is 12.8. The number of carbonyl (C=O) groups is 2. The third kappa shape index (κ3) is 4.18. The summed E-state index contributed by atoms with van der Waals surface area (Å²) in [5.41, 5.74) is 1.23. The molecule has 1 aromatic rings. The Hall–Kier alpha value is -1.88. The van der Waals surface area contributed by atoms with E-state index in [2.05, 4.69) is 26.1 Å². The minimum atomic E-state index is -0.843. The van der Waals surface area contributed by atoms with Gasteiger partial charge in [-0.15, -0.1) is 0 Å². The van der Waals surface area contributed by atoms with Gasteiger partial charge in [0, 0.05) is 25.6 Å². The van der Waals surface area contributed by atoms with Crippen molar-refractivity contribution in [2.24, 2.45) is 11.3 Å². The monoisotopic (exact) mass is 372 g/mol. The summed E-state index contributed by atoms with van der Waals surface area (Å²) in [6, 6.07) is 7.11. The molecular formula is C22H32N2O3. The lowest BCUT2D eigenvalue weighted by Gasteiger charge is -2.41. The van der Waals surface area contributed by atoms with Crippen molar-refractivity contribution in [2.75, 3.05) is 11.4 Å². The number of amides is 2. The van der Waals surface area contributed by atoms with E-state index in [4.69, 9.17) is 0 Å². The van der Waals surface area contributed by atoms with E-state index in [0.29, 0.717) is 25.2 Å². The second-order valence-corrected chi connectivity index (χ2v) is 9.32. The van der Waals surface area contributed by atoms with Gasteiger partial charge >= 0.3 is 0 Å². The van der Waals surface area contributed by atoms with Crippen LogP contribution in [-0.2, 0) is 16.0 Å². The highest BCUT2D eigenvalue weighted by Gasteiger charge is 2.40. The number of nitrogens with one attached hydrogen (secondary N) is 1. The van der Waals surface area contributed by atoms with E-state index in [0.717, 1.165) is 24.1 Å². The molecule has 5 nitrogen and oxygen atoms in total. The van der Waals surface area contributed by atoms with Crippen LogP contribution >= 0.6 is 0 Å². The summed E-state index contributed by atoms with van der Waals surface area (Å²) < 4.78 is 0. The average molecular weight is 373 g/mol. The predicted molar refractivity (Wildman–Crippen MR) is 106 cm³/mol. The number of para-hydroxylation sites is 1. The van der Waals surface area contributed by atoms with Crippen LogP contribution in [0.1, 0.15) is 58.9 Å². The fourth-order valence-corrected chi connectivity index (χ4v) is 4.55. The van der Waals surface area contributed by atoms with Crippen LogP contribution in [0.25, 0.3) is 0 Å². The van der Waals surface area contributed by atoms with Crippen molar-refractivity contribution in [2.45, 2.75) is 71.4 Å². The van der Waals surface area contributed by atoms with Crippen LogP contribution in [-0.4, -0.2) is 35.1 Å². The van der Waals surface area contributed by atoms with Gasteiger partial charge < -0.3 is 10.4 Å². The van der Waals surface area contributed by atoms with E-state index < -0.39 is 11.6 Å². The molecule has 1 heterocycles. The highest BCUT2D eigenvalue weighted by Crippen LogP contribution is 2.41. The molecule has 0 radical (unpaired) electrons. The molecular weight excluding hydrogens is 340 g/mol. The van der Waals surface area contributed by atoms with Gasteiger partial charge in [0.2, 0.25) is 11.8 Å². The summed E-state index contributed by atoms with van der Waals surface area (Å²) in [7, 11) is 0. The van der Waals surface area contributed by atoms with Gasteiger partial charge in [-0.3, -0.25) is 14.5 Å². The third-order valence-electron chi connectivity index (χ3n) is 6.35. The lowest BCUT2D eigenvalue weighted by molar-refractivity contribution is -0.126. The first-order chi connectivity index (χ1) is 12.6. The van der Waals surface area contributed by atoms with Gasteiger partial charge in [0.25, 0.3) is 0 Å². The molecule has 2 N–H and O–H groups in total. The Morgan fingerprint density at radius 2 is 1.85 bits per heavy atom. The number of nitrogens with zero attached hydrogens (tertiary/aromatic N) is 1. The predicted octanol–water partition coefficient (Wildman–Crippen LogP) is 3.05. The summed E-state index contributed by atoms with van der Waals surface area (Å²) >= 11 is 0. The topological polar surface area (TPSA) is 69.6 Å². The van der Waals surface area contributed by atoms with Crippen LogP contribution < -0.4 is 10.2 Å². The Morgan fingerprint density at radius 3 is 2.44 bits per heavy atom. The van der Waals surface area contributed by atoms with Crippen molar-refractivity contribution < 1.29 is 14.7 Å². The van der Waals surface area contributed by atoms with E-state index >= 15 is 0 Å². The van der Waals surface area contributed by atoms with Gasteiger partial charge in [0.1, 0.15) is 6.04 Å². The Kier molecular flexibility index (Phi) is 5.35. The van der Waals surface area contributed by atoms with Gasteiger partial charge in [-0.1, -0.05) is 39.0 Å². The van der Waals surface area contributed by atoms with Crippen LogP contribution in [0.5, 0.6) is 0 Å². The van der Waals surface area contributed by atoms with Crippen molar-refractivity contribution in [3.8, 4) is 0 Å². The Morgan fingerprint density at radius 1 is 1.22 bits per heavy atom. The smallest absolute Gasteiger partial charge is 0.243 e. The van der Waals surface area contributed by atoms with Crippen LogP contribution in [0, 0.1) is 11.3 Å². The summed E-state index contributed by atoms with van der Waals surface area (Å²) in [6.07, 6.45) is 3.88. The fourth-order valence-electron chi connectivity index (χ4n) is 4.55. The van der Waals surface area contributed by atoms with E-state index in [1.807, 2.05) is 24.3 Å². The SMILES string of the molecule is CC(=O)N1c2ccccc2C[C@H]1C(=O)NCC1(O)CCC(C(C)(C)C)CC1. The molecule has 2 aliphatic rings. The van der Waals surface area contributed by atoms with Crippen LogP contribution in [0.15, 0.2) is 24.3 Å². The van der Waals surface area contributed by atoms with Crippen LogP contribution in [0.2, 0.25) is 0 Å².